The molecule has 1 aliphatic rings. The Morgan fingerprint density at radius 1 is 1.47 bits per heavy atom. The van der Waals surface area contributed by atoms with E-state index in [2.05, 4.69) is 11.9 Å². The Labute approximate surface area is 112 Å². The van der Waals surface area contributed by atoms with Crippen molar-refractivity contribution in [3.8, 4) is 5.75 Å². The number of halogens is 2. The summed E-state index contributed by atoms with van der Waals surface area (Å²) in [6.07, 6.45) is 2.52. The molecule has 0 amide bonds. The Balaban J connectivity index is 2.05. The third-order valence-electron chi connectivity index (χ3n) is 2.58. The van der Waals surface area contributed by atoms with Crippen LogP contribution in [-0.2, 0) is 6.54 Å². The van der Waals surface area contributed by atoms with Crippen LogP contribution in [0.2, 0.25) is 5.02 Å². The number of rotatable bonds is 6. The van der Waals surface area contributed by atoms with Crippen molar-refractivity contribution < 1.29 is 4.74 Å². The van der Waals surface area contributed by atoms with Crippen LogP contribution in [0.15, 0.2) is 29.8 Å². The van der Waals surface area contributed by atoms with Crippen LogP contribution in [0.4, 0.5) is 0 Å². The van der Waals surface area contributed by atoms with E-state index in [1.54, 1.807) is 0 Å². The van der Waals surface area contributed by atoms with E-state index in [0.29, 0.717) is 21.8 Å². The number of nitrogens with one attached hydrogen (secondary N) is 1. The SMILES string of the molecule is C=C(Cl)COc1c(Cl)cccc1CNC1CC1. The summed E-state index contributed by atoms with van der Waals surface area (Å²) in [6, 6.07) is 6.40. The van der Waals surface area contributed by atoms with Gasteiger partial charge in [-0.05, 0) is 18.9 Å². The zero-order valence-electron chi connectivity index (χ0n) is 9.51. The van der Waals surface area contributed by atoms with E-state index in [9.17, 15) is 0 Å². The predicted molar refractivity (Wildman–Crippen MR) is 71.8 cm³/mol. The fraction of sp³-hybridized carbons (Fsp3) is 0.385. The number of hydrogen-bond donors (Lipinski definition) is 1. The third-order valence-corrected chi connectivity index (χ3v) is 2.99. The van der Waals surface area contributed by atoms with Gasteiger partial charge in [-0.1, -0.05) is 41.9 Å². The fourth-order valence-corrected chi connectivity index (χ4v) is 1.85. The van der Waals surface area contributed by atoms with Gasteiger partial charge in [0.15, 0.2) is 0 Å². The summed E-state index contributed by atoms with van der Waals surface area (Å²) in [5.41, 5.74) is 1.06. The smallest absolute Gasteiger partial charge is 0.142 e. The van der Waals surface area contributed by atoms with Crippen molar-refractivity contribution in [3.05, 3.63) is 40.4 Å². The fourth-order valence-electron chi connectivity index (χ4n) is 1.55. The number of ether oxygens (including phenoxy) is 1. The second kappa shape index (κ2) is 5.76. The van der Waals surface area contributed by atoms with Gasteiger partial charge in [0.2, 0.25) is 0 Å². The molecular weight excluding hydrogens is 257 g/mol. The van der Waals surface area contributed by atoms with Gasteiger partial charge < -0.3 is 10.1 Å². The molecule has 1 aromatic carbocycles. The Morgan fingerprint density at radius 3 is 2.88 bits per heavy atom. The molecule has 2 rings (SSSR count). The van der Waals surface area contributed by atoms with E-state index in [4.69, 9.17) is 27.9 Å². The lowest BCUT2D eigenvalue weighted by atomic mass is 10.2. The van der Waals surface area contributed by atoms with Crippen LogP contribution in [0.1, 0.15) is 18.4 Å². The van der Waals surface area contributed by atoms with Crippen molar-refractivity contribution in [2.75, 3.05) is 6.61 Å². The quantitative estimate of drug-likeness (QED) is 0.852. The molecule has 4 heteroatoms. The maximum Gasteiger partial charge on any atom is 0.142 e. The minimum absolute atomic E-state index is 0.279. The molecule has 2 nitrogen and oxygen atoms in total. The maximum absolute atomic E-state index is 6.12. The minimum Gasteiger partial charge on any atom is -0.486 e. The minimum atomic E-state index is 0.279. The van der Waals surface area contributed by atoms with Crippen molar-refractivity contribution in [1.82, 2.24) is 5.32 Å². The first-order valence-electron chi connectivity index (χ1n) is 5.63. The zero-order chi connectivity index (χ0) is 12.3. The highest BCUT2D eigenvalue weighted by Gasteiger charge is 2.21. The first kappa shape index (κ1) is 12.7. The van der Waals surface area contributed by atoms with E-state index in [-0.39, 0.29) is 6.61 Å². The summed E-state index contributed by atoms with van der Waals surface area (Å²) in [6.45, 7) is 4.65. The molecule has 1 saturated carbocycles. The van der Waals surface area contributed by atoms with Gasteiger partial charge in [-0.15, -0.1) is 0 Å². The molecule has 1 aliphatic carbocycles. The lowest BCUT2D eigenvalue weighted by molar-refractivity contribution is 0.354. The summed E-state index contributed by atoms with van der Waals surface area (Å²) in [5, 5.41) is 4.51. The zero-order valence-corrected chi connectivity index (χ0v) is 11.0. The van der Waals surface area contributed by atoms with Gasteiger partial charge in [-0.25, -0.2) is 0 Å². The van der Waals surface area contributed by atoms with Crippen molar-refractivity contribution in [2.45, 2.75) is 25.4 Å². The van der Waals surface area contributed by atoms with Crippen LogP contribution in [0.3, 0.4) is 0 Å². The van der Waals surface area contributed by atoms with Crippen LogP contribution in [0.5, 0.6) is 5.75 Å². The summed E-state index contributed by atoms with van der Waals surface area (Å²) < 4.78 is 5.58. The molecule has 0 radical (unpaired) electrons. The highest BCUT2D eigenvalue weighted by atomic mass is 35.5. The van der Waals surface area contributed by atoms with Gasteiger partial charge in [0, 0.05) is 23.2 Å². The van der Waals surface area contributed by atoms with Crippen LogP contribution < -0.4 is 10.1 Å². The molecule has 1 fully saturated rings. The lowest BCUT2D eigenvalue weighted by Crippen LogP contribution is -2.16. The molecule has 0 bridgehead atoms. The molecule has 0 aromatic heterocycles. The van der Waals surface area contributed by atoms with Crippen LogP contribution in [0, 0.1) is 0 Å². The van der Waals surface area contributed by atoms with Gasteiger partial charge in [0.05, 0.1) is 5.02 Å². The number of hydrogen-bond acceptors (Lipinski definition) is 2. The summed E-state index contributed by atoms with van der Waals surface area (Å²) in [7, 11) is 0. The Hall–Kier alpha value is -0.700. The largest absolute Gasteiger partial charge is 0.486 e. The van der Waals surface area contributed by atoms with Gasteiger partial charge in [-0.2, -0.15) is 0 Å². The lowest BCUT2D eigenvalue weighted by Gasteiger charge is -2.13. The molecule has 17 heavy (non-hydrogen) atoms. The molecule has 1 aromatic rings. The van der Waals surface area contributed by atoms with Gasteiger partial charge in [0.1, 0.15) is 12.4 Å². The van der Waals surface area contributed by atoms with Gasteiger partial charge in [0.25, 0.3) is 0 Å². The van der Waals surface area contributed by atoms with Crippen molar-refractivity contribution in [2.24, 2.45) is 0 Å². The second-order valence-electron chi connectivity index (χ2n) is 4.19. The number of benzene rings is 1. The normalized spacial score (nSPS) is 14.7. The Morgan fingerprint density at radius 2 is 2.24 bits per heavy atom. The molecule has 1 N–H and O–H groups in total. The van der Waals surface area contributed by atoms with E-state index >= 15 is 0 Å². The van der Waals surface area contributed by atoms with E-state index in [1.165, 1.54) is 12.8 Å². The molecule has 0 aliphatic heterocycles. The van der Waals surface area contributed by atoms with Crippen molar-refractivity contribution in [3.63, 3.8) is 0 Å². The summed E-state index contributed by atoms with van der Waals surface area (Å²) in [4.78, 5) is 0. The molecular formula is C13H15Cl2NO. The van der Waals surface area contributed by atoms with Crippen molar-refractivity contribution in [1.29, 1.82) is 0 Å². The van der Waals surface area contributed by atoms with Crippen LogP contribution in [0.25, 0.3) is 0 Å². The Kier molecular flexibility index (Phi) is 4.32. The van der Waals surface area contributed by atoms with Gasteiger partial charge in [-0.3, -0.25) is 0 Å². The monoisotopic (exact) mass is 271 g/mol. The standard InChI is InChI=1S/C13H15Cl2NO/c1-9(14)8-17-13-10(3-2-4-12(13)15)7-16-11-5-6-11/h2-4,11,16H,1,5-8H2. The average molecular weight is 272 g/mol. The predicted octanol–water partition coefficient (Wildman–Crippen LogP) is 3.72. The van der Waals surface area contributed by atoms with Crippen LogP contribution >= 0.6 is 23.2 Å². The second-order valence-corrected chi connectivity index (χ2v) is 5.13. The van der Waals surface area contributed by atoms with E-state index in [0.717, 1.165) is 12.1 Å². The molecule has 0 heterocycles. The summed E-state index contributed by atoms with van der Waals surface area (Å²) in [5.74, 6) is 0.698. The molecule has 0 atom stereocenters. The highest BCUT2D eigenvalue weighted by molar-refractivity contribution is 6.32. The molecule has 0 unspecified atom stereocenters. The van der Waals surface area contributed by atoms with Gasteiger partial charge >= 0.3 is 0 Å². The maximum atomic E-state index is 6.12. The average Bonchev–Trinajstić information content (AvgIpc) is 3.08. The number of para-hydroxylation sites is 1. The van der Waals surface area contributed by atoms with E-state index < -0.39 is 0 Å². The van der Waals surface area contributed by atoms with E-state index in [1.807, 2.05) is 18.2 Å². The topological polar surface area (TPSA) is 21.3 Å². The highest BCUT2D eigenvalue weighted by Crippen LogP contribution is 2.30. The molecule has 92 valence electrons. The third kappa shape index (κ3) is 3.91. The Bertz CT molecular complexity index is 416. The van der Waals surface area contributed by atoms with Crippen LogP contribution in [-0.4, -0.2) is 12.6 Å². The first-order valence-corrected chi connectivity index (χ1v) is 6.39. The van der Waals surface area contributed by atoms with Crippen molar-refractivity contribution >= 4 is 23.2 Å². The molecule has 0 spiro atoms. The molecule has 0 saturated heterocycles. The summed E-state index contributed by atoms with van der Waals surface area (Å²) >= 11 is 11.8. The first-order chi connectivity index (χ1) is 8.16.